The Labute approximate surface area is 209 Å². The summed E-state index contributed by atoms with van der Waals surface area (Å²) in [4.78, 5) is 12.5. The largest absolute Gasteiger partial charge is 0.331 e. The molecule has 0 saturated heterocycles. The molecule has 6 nitrogen and oxygen atoms in total. The highest BCUT2D eigenvalue weighted by atomic mass is 79.9. The van der Waals surface area contributed by atoms with E-state index in [1.165, 1.54) is 5.56 Å². The summed E-state index contributed by atoms with van der Waals surface area (Å²) >= 11 is 11.3. The van der Waals surface area contributed by atoms with Gasteiger partial charge in [-0.1, -0.05) is 71.9 Å². The second kappa shape index (κ2) is 10.9. The number of urea groups is 1. The van der Waals surface area contributed by atoms with Crippen molar-refractivity contribution in [2.75, 3.05) is 5.32 Å². The van der Waals surface area contributed by atoms with E-state index in [0.29, 0.717) is 16.5 Å². The molecule has 1 aromatic heterocycles. The number of aryl methyl sites for hydroxylation is 1. The monoisotopic (exact) mass is 541 g/mol. The van der Waals surface area contributed by atoms with Gasteiger partial charge in [0.2, 0.25) is 0 Å². The van der Waals surface area contributed by atoms with Crippen LogP contribution in [0.2, 0.25) is 5.02 Å². The first kappa shape index (κ1) is 23.4. The summed E-state index contributed by atoms with van der Waals surface area (Å²) in [5.41, 5.74) is 3.78. The van der Waals surface area contributed by atoms with Gasteiger partial charge in [0.1, 0.15) is 0 Å². The molecule has 0 spiro atoms. The number of halogens is 2. The molecule has 0 aliphatic heterocycles. The summed E-state index contributed by atoms with van der Waals surface area (Å²) in [5.74, 6) is 1.35. The van der Waals surface area contributed by atoms with Crippen LogP contribution in [0.1, 0.15) is 17.0 Å². The maximum absolute atomic E-state index is 12.5. The number of carbonyl (C=O) groups is 1. The molecule has 0 fully saturated rings. The van der Waals surface area contributed by atoms with Gasteiger partial charge in [-0.05, 0) is 58.2 Å². The normalized spacial score (nSPS) is 10.8. The van der Waals surface area contributed by atoms with E-state index in [1.54, 1.807) is 11.8 Å². The van der Waals surface area contributed by atoms with Crippen LogP contribution in [0, 0.1) is 6.92 Å². The van der Waals surface area contributed by atoms with Crippen LogP contribution in [0.15, 0.2) is 82.4 Å². The quantitative estimate of drug-likeness (QED) is 0.258. The van der Waals surface area contributed by atoms with Gasteiger partial charge in [0.15, 0.2) is 11.0 Å². The molecular weight excluding hydrogens is 522 g/mol. The number of carbonyl (C=O) groups excluding carboxylic acids is 1. The summed E-state index contributed by atoms with van der Waals surface area (Å²) in [6.45, 7) is 2.20. The highest BCUT2D eigenvalue weighted by molar-refractivity contribution is 9.10. The molecular formula is C24H21BrClN5OS. The SMILES string of the molecule is Cc1ccc(Cl)cc1-n1c(CNC(=O)Nc2ccccc2Br)nnc1SCc1ccccc1. The minimum Gasteiger partial charge on any atom is -0.331 e. The average Bonchev–Trinajstić information content (AvgIpc) is 3.22. The third-order valence-electron chi connectivity index (χ3n) is 4.85. The van der Waals surface area contributed by atoms with E-state index in [9.17, 15) is 4.79 Å². The van der Waals surface area contributed by atoms with Crippen molar-refractivity contribution in [1.82, 2.24) is 20.1 Å². The van der Waals surface area contributed by atoms with Gasteiger partial charge in [-0.25, -0.2) is 4.79 Å². The first-order valence-electron chi connectivity index (χ1n) is 10.2. The Morgan fingerprint density at radius 2 is 1.82 bits per heavy atom. The second-order valence-electron chi connectivity index (χ2n) is 7.23. The average molecular weight is 543 g/mol. The number of rotatable bonds is 7. The molecule has 3 aromatic carbocycles. The summed E-state index contributed by atoms with van der Waals surface area (Å²) < 4.78 is 2.76. The van der Waals surface area contributed by atoms with Gasteiger partial charge < -0.3 is 10.6 Å². The van der Waals surface area contributed by atoms with E-state index < -0.39 is 0 Å². The molecule has 168 valence electrons. The standard InChI is InChI=1S/C24H21BrClN5OS/c1-16-11-12-18(26)13-21(16)31-22(14-27-23(32)28-20-10-6-5-9-19(20)25)29-30-24(31)33-15-17-7-3-2-4-8-17/h2-13H,14-15H2,1H3,(H2,27,28,32). The zero-order valence-electron chi connectivity index (χ0n) is 17.8. The van der Waals surface area contributed by atoms with Crippen LogP contribution in [0.3, 0.4) is 0 Å². The topological polar surface area (TPSA) is 71.8 Å². The molecule has 4 rings (SSSR count). The molecule has 0 saturated carbocycles. The van der Waals surface area contributed by atoms with Crippen molar-refractivity contribution in [2.24, 2.45) is 0 Å². The number of hydrogen-bond acceptors (Lipinski definition) is 4. The van der Waals surface area contributed by atoms with Crippen LogP contribution in [-0.2, 0) is 12.3 Å². The van der Waals surface area contributed by atoms with Crippen LogP contribution in [0.5, 0.6) is 0 Å². The number of benzene rings is 3. The van der Waals surface area contributed by atoms with E-state index in [0.717, 1.165) is 26.6 Å². The minimum atomic E-state index is -0.335. The Morgan fingerprint density at radius 3 is 2.61 bits per heavy atom. The zero-order valence-corrected chi connectivity index (χ0v) is 20.9. The molecule has 1 heterocycles. The van der Waals surface area contributed by atoms with Gasteiger partial charge in [0, 0.05) is 15.2 Å². The fourth-order valence-corrected chi connectivity index (χ4v) is 4.65. The van der Waals surface area contributed by atoms with Crippen molar-refractivity contribution < 1.29 is 4.79 Å². The maximum atomic E-state index is 12.5. The highest BCUT2D eigenvalue weighted by Gasteiger charge is 2.17. The summed E-state index contributed by atoms with van der Waals surface area (Å²) in [5, 5.41) is 15.8. The van der Waals surface area contributed by atoms with E-state index in [-0.39, 0.29) is 12.6 Å². The molecule has 0 aliphatic rings. The Kier molecular flexibility index (Phi) is 7.69. The molecule has 0 unspecified atom stereocenters. The molecule has 0 aliphatic carbocycles. The van der Waals surface area contributed by atoms with E-state index >= 15 is 0 Å². The summed E-state index contributed by atoms with van der Waals surface area (Å²) in [6.07, 6.45) is 0. The summed E-state index contributed by atoms with van der Waals surface area (Å²) in [7, 11) is 0. The van der Waals surface area contributed by atoms with E-state index in [1.807, 2.05) is 72.2 Å². The van der Waals surface area contributed by atoms with Crippen LogP contribution < -0.4 is 10.6 Å². The molecule has 0 radical (unpaired) electrons. The Bertz CT molecular complexity index is 1260. The van der Waals surface area contributed by atoms with Crippen molar-refractivity contribution in [2.45, 2.75) is 24.4 Å². The minimum absolute atomic E-state index is 0.196. The Balaban J connectivity index is 1.56. The number of nitrogens with zero attached hydrogens (tertiary/aromatic N) is 3. The number of para-hydroxylation sites is 1. The van der Waals surface area contributed by atoms with Gasteiger partial charge in [0.05, 0.1) is 17.9 Å². The van der Waals surface area contributed by atoms with Crippen molar-refractivity contribution in [1.29, 1.82) is 0 Å². The van der Waals surface area contributed by atoms with Gasteiger partial charge >= 0.3 is 6.03 Å². The molecule has 2 amide bonds. The van der Waals surface area contributed by atoms with Gasteiger partial charge in [-0.15, -0.1) is 10.2 Å². The first-order valence-corrected chi connectivity index (χ1v) is 12.3. The number of hydrogen-bond donors (Lipinski definition) is 2. The number of thioether (sulfide) groups is 1. The predicted octanol–water partition coefficient (Wildman–Crippen LogP) is 6.61. The fraction of sp³-hybridized carbons (Fsp3) is 0.125. The van der Waals surface area contributed by atoms with Gasteiger partial charge in [0.25, 0.3) is 0 Å². The lowest BCUT2D eigenvalue weighted by Gasteiger charge is -2.14. The third kappa shape index (κ3) is 5.96. The fourth-order valence-electron chi connectivity index (χ4n) is 3.18. The maximum Gasteiger partial charge on any atom is 0.319 e. The van der Waals surface area contributed by atoms with E-state index in [4.69, 9.17) is 11.6 Å². The van der Waals surface area contributed by atoms with Gasteiger partial charge in [-0.3, -0.25) is 4.57 Å². The third-order valence-corrected chi connectivity index (χ3v) is 6.78. The molecule has 33 heavy (non-hydrogen) atoms. The highest BCUT2D eigenvalue weighted by Crippen LogP contribution is 2.28. The van der Waals surface area contributed by atoms with Crippen molar-refractivity contribution in [3.05, 3.63) is 99.2 Å². The number of nitrogens with one attached hydrogen (secondary N) is 2. The van der Waals surface area contributed by atoms with Crippen LogP contribution in [-0.4, -0.2) is 20.8 Å². The van der Waals surface area contributed by atoms with Crippen LogP contribution in [0.4, 0.5) is 10.5 Å². The lowest BCUT2D eigenvalue weighted by Crippen LogP contribution is -2.29. The van der Waals surface area contributed by atoms with Crippen molar-refractivity contribution in [3.63, 3.8) is 0 Å². The lowest BCUT2D eigenvalue weighted by molar-refractivity contribution is 0.251. The summed E-state index contributed by atoms with van der Waals surface area (Å²) in [6, 6.07) is 23.0. The zero-order chi connectivity index (χ0) is 23.2. The molecule has 0 bridgehead atoms. The van der Waals surface area contributed by atoms with Crippen molar-refractivity contribution in [3.8, 4) is 5.69 Å². The molecule has 2 N–H and O–H groups in total. The van der Waals surface area contributed by atoms with Crippen LogP contribution in [0.25, 0.3) is 5.69 Å². The molecule has 9 heteroatoms. The lowest BCUT2D eigenvalue weighted by atomic mass is 10.2. The molecule has 4 aromatic rings. The molecule has 0 atom stereocenters. The van der Waals surface area contributed by atoms with Crippen molar-refractivity contribution >= 4 is 51.0 Å². The number of amides is 2. The van der Waals surface area contributed by atoms with E-state index in [2.05, 4.69) is 48.9 Å². The number of anilines is 1. The Morgan fingerprint density at radius 1 is 1.06 bits per heavy atom. The first-order chi connectivity index (χ1) is 16.0. The second-order valence-corrected chi connectivity index (χ2v) is 9.46. The number of aromatic nitrogens is 3. The van der Waals surface area contributed by atoms with Gasteiger partial charge in [-0.2, -0.15) is 0 Å². The van der Waals surface area contributed by atoms with Crippen LogP contribution >= 0.6 is 39.3 Å². The predicted molar refractivity (Wildman–Crippen MR) is 137 cm³/mol. The smallest absolute Gasteiger partial charge is 0.319 e. The Hall–Kier alpha value is -2.81.